The fourth-order valence-electron chi connectivity index (χ4n) is 3.92. The number of benzene rings is 2. The Morgan fingerprint density at radius 3 is 2.26 bits per heavy atom. The van der Waals surface area contributed by atoms with Gasteiger partial charge in [-0.1, -0.05) is 12.1 Å². The molecule has 0 atom stereocenters. The van der Waals surface area contributed by atoms with Gasteiger partial charge in [0.05, 0.1) is 32.3 Å². The number of ether oxygens (including phenoxy) is 2. The van der Waals surface area contributed by atoms with Gasteiger partial charge in [0.2, 0.25) is 11.8 Å². The number of rotatable bonds is 8. The largest absolute Gasteiger partial charge is 0.497 e. The van der Waals surface area contributed by atoms with Crippen molar-refractivity contribution < 1.29 is 19.1 Å². The van der Waals surface area contributed by atoms with Crippen molar-refractivity contribution in [2.75, 3.05) is 39.9 Å². The van der Waals surface area contributed by atoms with Crippen LogP contribution in [0, 0.1) is 0 Å². The second-order valence-electron chi connectivity index (χ2n) is 8.07. The second kappa shape index (κ2) is 11.2. The molecule has 0 radical (unpaired) electrons. The zero-order valence-corrected chi connectivity index (χ0v) is 20.3. The van der Waals surface area contributed by atoms with E-state index < -0.39 is 0 Å². The Kier molecular flexibility index (Phi) is 7.80. The summed E-state index contributed by atoms with van der Waals surface area (Å²) in [7, 11) is 1.61. The highest BCUT2D eigenvalue weighted by Crippen LogP contribution is 2.26. The zero-order valence-electron chi connectivity index (χ0n) is 19.5. The maximum atomic E-state index is 12.8. The molecule has 1 aliphatic rings. The van der Waals surface area contributed by atoms with Gasteiger partial charge in [-0.25, -0.2) is 4.98 Å². The SMILES string of the molecule is CCOc1ccc(-c2nc(CC(=O)N3CCN(C(=O)Cc4cccc(OC)c4)CC3)cs2)cc1. The van der Waals surface area contributed by atoms with E-state index in [1.165, 1.54) is 11.3 Å². The summed E-state index contributed by atoms with van der Waals surface area (Å²) in [5, 5.41) is 2.83. The van der Waals surface area contributed by atoms with E-state index in [0.29, 0.717) is 39.2 Å². The van der Waals surface area contributed by atoms with Gasteiger partial charge in [0.15, 0.2) is 0 Å². The van der Waals surface area contributed by atoms with Crippen LogP contribution in [0.3, 0.4) is 0 Å². The molecule has 7 nitrogen and oxygen atoms in total. The molecule has 0 bridgehead atoms. The van der Waals surface area contributed by atoms with Gasteiger partial charge in [-0.2, -0.15) is 0 Å². The van der Waals surface area contributed by atoms with Crippen LogP contribution < -0.4 is 9.47 Å². The molecular formula is C26H29N3O4S. The molecule has 1 aromatic heterocycles. The highest BCUT2D eigenvalue weighted by molar-refractivity contribution is 7.13. The van der Waals surface area contributed by atoms with Gasteiger partial charge >= 0.3 is 0 Å². The summed E-state index contributed by atoms with van der Waals surface area (Å²) >= 11 is 1.53. The van der Waals surface area contributed by atoms with Gasteiger partial charge in [0.25, 0.3) is 0 Å². The summed E-state index contributed by atoms with van der Waals surface area (Å²) in [5.74, 6) is 1.69. The summed E-state index contributed by atoms with van der Waals surface area (Å²) in [5.41, 5.74) is 2.71. The summed E-state index contributed by atoms with van der Waals surface area (Å²) in [4.78, 5) is 33.8. The van der Waals surface area contributed by atoms with Crippen molar-refractivity contribution >= 4 is 23.2 Å². The van der Waals surface area contributed by atoms with Crippen molar-refractivity contribution in [1.29, 1.82) is 0 Å². The van der Waals surface area contributed by atoms with Crippen LogP contribution in [0.25, 0.3) is 10.6 Å². The molecule has 0 aliphatic carbocycles. The van der Waals surface area contributed by atoms with E-state index in [2.05, 4.69) is 4.98 Å². The van der Waals surface area contributed by atoms with Crippen molar-refractivity contribution in [2.24, 2.45) is 0 Å². The van der Waals surface area contributed by atoms with Crippen LogP contribution in [0.2, 0.25) is 0 Å². The highest BCUT2D eigenvalue weighted by Gasteiger charge is 2.24. The summed E-state index contributed by atoms with van der Waals surface area (Å²) in [6.45, 7) is 4.76. The first kappa shape index (κ1) is 23.8. The molecule has 34 heavy (non-hydrogen) atoms. The molecule has 0 saturated carbocycles. The molecule has 4 rings (SSSR count). The molecule has 3 aromatic rings. The van der Waals surface area contributed by atoms with Gasteiger partial charge in [0.1, 0.15) is 16.5 Å². The molecule has 2 aromatic carbocycles. The van der Waals surface area contributed by atoms with E-state index >= 15 is 0 Å². The number of amides is 2. The third kappa shape index (κ3) is 5.94. The monoisotopic (exact) mass is 479 g/mol. The molecule has 2 heterocycles. The molecule has 8 heteroatoms. The number of aromatic nitrogens is 1. The third-order valence-corrected chi connectivity index (χ3v) is 6.71. The first-order chi connectivity index (χ1) is 16.6. The zero-order chi connectivity index (χ0) is 23.9. The number of methoxy groups -OCH3 is 1. The van der Waals surface area contributed by atoms with Crippen molar-refractivity contribution in [3.05, 3.63) is 65.2 Å². The minimum absolute atomic E-state index is 0.0449. The molecule has 0 N–H and O–H groups in total. The maximum absolute atomic E-state index is 12.8. The van der Waals surface area contributed by atoms with Crippen LogP contribution in [0.4, 0.5) is 0 Å². The third-order valence-electron chi connectivity index (χ3n) is 5.77. The number of carbonyl (C=O) groups is 2. The van der Waals surface area contributed by atoms with Gasteiger partial charge in [-0.15, -0.1) is 11.3 Å². The van der Waals surface area contributed by atoms with E-state index in [1.807, 2.05) is 70.6 Å². The molecule has 1 fully saturated rings. The number of hydrogen-bond donors (Lipinski definition) is 0. The Morgan fingerprint density at radius 1 is 0.941 bits per heavy atom. The topological polar surface area (TPSA) is 72.0 Å². The summed E-state index contributed by atoms with van der Waals surface area (Å²) in [6.07, 6.45) is 0.601. The lowest BCUT2D eigenvalue weighted by molar-refractivity contribution is -0.138. The van der Waals surface area contributed by atoms with Crippen LogP contribution in [0.1, 0.15) is 18.2 Å². The number of thiazole rings is 1. The number of piperazine rings is 1. The smallest absolute Gasteiger partial charge is 0.228 e. The molecular weight excluding hydrogens is 450 g/mol. The molecule has 0 spiro atoms. The van der Waals surface area contributed by atoms with E-state index in [4.69, 9.17) is 9.47 Å². The lowest BCUT2D eigenvalue weighted by Crippen LogP contribution is -2.51. The first-order valence-electron chi connectivity index (χ1n) is 11.4. The average molecular weight is 480 g/mol. The van der Waals surface area contributed by atoms with Crippen LogP contribution >= 0.6 is 11.3 Å². The molecule has 2 amide bonds. The quantitative estimate of drug-likeness (QED) is 0.493. The minimum Gasteiger partial charge on any atom is -0.497 e. The Morgan fingerprint density at radius 2 is 1.62 bits per heavy atom. The van der Waals surface area contributed by atoms with Crippen molar-refractivity contribution in [3.8, 4) is 22.1 Å². The molecule has 178 valence electrons. The van der Waals surface area contributed by atoms with Crippen LogP contribution in [-0.2, 0) is 22.4 Å². The second-order valence-corrected chi connectivity index (χ2v) is 8.93. The predicted molar refractivity (Wildman–Crippen MR) is 132 cm³/mol. The number of hydrogen-bond acceptors (Lipinski definition) is 6. The van der Waals surface area contributed by atoms with E-state index in [9.17, 15) is 9.59 Å². The molecule has 1 saturated heterocycles. The van der Waals surface area contributed by atoms with Crippen molar-refractivity contribution in [2.45, 2.75) is 19.8 Å². The highest BCUT2D eigenvalue weighted by atomic mass is 32.1. The molecule has 1 aliphatic heterocycles. The normalized spacial score (nSPS) is 13.6. The Balaban J connectivity index is 1.27. The van der Waals surface area contributed by atoms with Crippen LogP contribution in [0.5, 0.6) is 11.5 Å². The first-order valence-corrected chi connectivity index (χ1v) is 12.3. The van der Waals surface area contributed by atoms with Crippen LogP contribution in [0.15, 0.2) is 53.9 Å². The molecule has 0 unspecified atom stereocenters. The van der Waals surface area contributed by atoms with Gasteiger partial charge in [0, 0.05) is 37.1 Å². The lowest BCUT2D eigenvalue weighted by atomic mass is 10.1. The van der Waals surface area contributed by atoms with E-state index in [0.717, 1.165) is 33.3 Å². The lowest BCUT2D eigenvalue weighted by Gasteiger charge is -2.34. The Hall–Kier alpha value is -3.39. The van der Waals surface area contributed by atoms with Gasteiger partial charge < -0.3 is 19.3 Å². The Labute approximate surface area is 203 Å². The Bertz CT molecular complexity index is 1120. The average Bonchev–Trinajstić information content (AvgIpc) is 3.33. The van der Waals surface area contributed by atoms with Crippen molar-refractivity contribution in [3.63, 3.8) is 0 Å². The van der Waals surface area contributed by atoms with Crippen molar-refractivity contribution in [1.82, 2.24) is 14.8 Å². The van der Waals surface area contributed by atoms with E-state index in [-0.39, 0.29) is 18.2 Å². The van der Waals surface area contributed by atoms with Gasteiger partial charge in [-0.05, 0) is 48.9 Å². The van der Waals surface area contributed by atoms with Crippen LogP contribution in [-0.4, -0.2) is 66.5 Å². The van der Waals surface area contributed by atoms with E-state index in [1.54, 1.807) is 7.11 Å². The maximum Gasteiger partial charge on any atom is 0.228 e. The standard InChI is InChI=1S/C26H29N3O4S/c1-3-33-22-9-7-20(8-10-22)26-27-21(18-34-26)17-25(31)29-13-11-28(12-14-29)24(30)16-19-5-4-6-23(15-19)32-2/h4-10,15,18H,3,11-14,16-17H2,1-2H3. The fourth-order valence-corrected chi connectivity index (χ4v) is 4.75. The number of carbonyl (C=O) groups excluding carboxylic acids is 2. The summed E-state index contributed by atoms with van der Waals surface area (Å²) in [6, 6.07) is 15.4. The predicted octanol–water partition coefficient (Wildman–Crippen LogP) is 3.67. The fraction of sp³-hybridized carbons (Fsp3) is 0.346. The minimum atomic E-state index is 0.0449. The number of nitrogens with zero attached hydrogens (tertiary/aromatic N) is 3. The summed E-state index contributed by atoms with van der Waals surface area (Å²) < 4.78 is 10.7. The van der Waals surface area contributed by atoms with Gasteiger partial charge in [-0.3, -0.25) is 9.59 Å².